The van der Waals surface area contributed by atoms with E-state index in [-0.39, 0.29) is 12.6 Å². The highest BCUT2D eigenvalue weighted by Crippen LogP contribution is 2.36. The van der Waals surface area contributed by atoms with Gasteiger partial charge < -0.3 is 20.2 Å². The van der Waals surface area contributed by atoms with Gasteiger partial charge in [0.15, 0.2) is 0 Å². The second kappa shape index (κ2) is 9.92. The SMILES string of the molecule is C[C@@H](Nc1nc(N2CC([C@H]3CCCN(CCO)C3)C2)nc2sccc12)c1ccc(Cl)cc1Cl. The number of aliphatic hydroxyl groups is 1. The Labute approximate surface area is 208 Å². The number of likely N-dealkylation sites (tertiary alicyclic amines) is 1. The lowest BCUT2D eigenvalue weighted by Crippen LogP contribution is -2.54. The van der Waals surface area contributed by atoms with E-state index in [2.05, 4.69) is 33.5 Å². The molecule has 3 aromatic rings. The van der Waals surface area contributed by atoms with Crippen LogP contribution in [-0.2, 0) is 0 Å². The van der Waals surface area contributed by atoms with Gasteiger partial charge in [0.25, 0.3) is 0 Å². The van der Waals surface area contributed by atoms with E-state index in [4.69, 9.17) is 33.2 Å². The number of nitrogens with zero attached hydrogens (tertiary/aromatic N) is 4. The van der Waals surface area contributed by atoms with Crippen LogP contribution in [0.2, 0.25) is 10.0 Å². The van der Waals surface area contributed by atoms with E-state index < -0.39 is 0 Å². The Hall–Kier alpha value is -1.64. The third-order valence-corrected chi connectivity index (χ3v) is 8.28. The monoisotopic (exact) mass is 505 g/mol. The first-order valence-electron chi connectivity index (χ1n) is 11.6. The zero-order valence-corrected chi connectivity index (χ0v) is 21.0. The third-order valence-electron chi connectivity index (χ3n) is 6.91. The maximum atomic E-state index is 9.28. The lowest BCUT2D eigenvalue weighted by atomic mass is 9.81. The van der Waals surface area contributed by atoms with Crippen molar-refractivity contribution in [3.8, 4) is 0 Å². The fourth-order valence-corrected chi connectivity index (χ4v) is 6.36. The van der Waals surface area contributed by atoms with Gasteiger partial charge in [-0.2, -0.15) is 4.98 Å². The van der Waals surface area contributed by atoms with Crippen molar-refractivity contribution in [2.45, 2.75) is 25.8 Å². The van der Waals surface area contributed by atoms with Gasteiger partial charge in [-0.1, -0.05) is 29.3 Å². The van der Waals surface area contributed by atoms with Crippen LogP contribution in [0.5, 0.6) is 0 Å². The molecule has 33 heavy (non-hydrogen) atoms. The van der Waals surface area contributed by atoms with Crippen molar-refractivity contribution in [1.82, 2.24) is 14.9 Å². The lowest BCUT2D eigenvalue weighted by Gasteiger charge is -2.46. The van der Waals surface area contributed by atoms with Gasteiger partial charge in [0.05, 0.1) is 18.0 Å². The first-order chi connectivity index (χ1) is 16.0. The molecular formula is C24H29Cl2N5OS. The molecule has 0 amide bonds. The summed E-state index contributed by atoms with van der Waals surface area (Å²) in [5, 5.41) is 17.2. The molecule has 4 heterocycles. The Morgan fingerprint density at radius 3 is 2.82 bits per heavy atom. The fourth-order valence-electron chi connectivity index (χ4n) is 5.03. The molecule has 2 aliphatic heterocycles. The van der Waals surface area contributed by atoms with E-state index in [1.807, 2.05) is 12.1 Å². The zero-order valence-electron chi connectivity index (χ0n) is 18.7. The summed E-state index contributed by atoms with van der Waals surface area (Å²) >= 11 is 14.2. The molecule has 0 spiro atoms. The molecule has 1 aromatic carbocycles. The first-order valence-corrected chi connectivity index (χ1v) is 13.2. The minimum Gasteiger partial charge on any atom is -0.395 e. The van der Waals surface area contributed by atoms with Crippen LogP contribution < -0.4 is 10.2 Å². The average molecular weight is 507 g/mol. The Morgan fingerprint density at radius 2 is 2.03 bits per heavy atom. The summed E-state index contributed by atoms with van der Waals surface area (Å²) in [5.41, 5.74) is 0.985. The van der Waals surface area contributed by atoms with Crippen molar-refractivity contribution in [1.29, 1.82) is 0 Å². The first kappa shape index (κ1) is 23.1. The molecule has 0 saturated carbocycles. The largest absolute Gasteiger partial charge is 0.395 e. The summed E-state index contributed by atoms with van der Waals surface area (Å²) in [6.45, 7) is 7.30. The predicted molar refractivity (Wildman–Crippen MR) is 138 cm³/mol. The number of benzene rings is 1. The smallest absolute Gasteiger partial charge is 0.228 e. The van der Waals surface area contributed by atoms with Gasteiger partial charge in [0.2, 0.25) is 5.95 Å². The summed E-state index contributed by atoms with van der Waals surface area (Å²) in [6, 6.07) is 7.64. The maximum absolute atomic E-state index is 9.28. The third kappa shape index (κ3) is 4.93. The van der Waals surface area contributed by atoms with E-state index in [1.165, 1.54) is 12.8 Å². The highest BCUT2D eigenvalue weighted by molar-refractivity contribution is 7.16. The molecule has 0 unspecified atom stereocenters. The number of β-amino-alcohol motifs (C(OH)–C–C–N with tert-alkyl or cyclic N) is 1. The molecule has 2 atom stereocenters. The minimum atomic E-state index is -0.0236. The number of halogens is 2. The average Bonchev–Trinajstić information content (AvgIpc) is 3.22. The number of rotatable bonds is 7. The van der Waals surface area contributed by atoms with Gasteiger partial charge in [0, 0.05) is 36.2 Å². The van der Waals surface area contributed by atoms with Crippen molar-refractivity contribution in [2.75, 3.05) is 49.5 Å². The molecular weight excluding hydrogens is 477 g/mol. The van der Waals surface area contributed by atoms with E-state index in [1.54, 1.807) is 17.4 Å². The molecule has 2 aromatic heterocycles. The Kier molecular flexibility index (Phi) is 6.95. The molecule has 9 heteroatoms. The van der Waals surface area contributed by atoms with Crippen LogP contribution >= 0.6 is 34.5 Å². The van der Waals surface area contributed by atoms with Crippen molar-refractivity contribution >= 4 is 56.5 Å². The summed E-state index contributed by atoms with van der Waals surface area (Å²) < 4.78 is 0. The number of aromatic nitrogens is 2. The van der Waals surface area contributed by atoms with E-state index in [0.29, 0.717) is 21.9 Å². The molecule has 5 rings (SSSR count). The number of hydrogen-bond acceptors (Lipinski definition) is 7. The second-order valence-electron chi connectivity index (χ2n) is 9.14. The van der Waals surface area contributed by atoms with Gasteiger partial charge in [-0.25, -0.2) is 4.98 Å². The highest BCUT2D eigenvalue weighted by Gasteiger charge is 2.37. The van der Waals surface area contributed by atoms with Crippen LogP contribution in [-0.4, -0.2) is 59.3 Å². The Morgan fingerprint density at radius 1 is 1.18 bits per heavy atom. The normalized spacial score (nSPS) is 20.7. The number of hydrogen-bond donors (Lipinski definition) is 2. The van der Waals surface area contributed by atoms with E-state index >= 15 is 0 Å². The van der Waals surface area contributed by atoms with Gasteiger partial charge in [-0.3, -0.25) is 0 Å². The fraction of sp³-hybridized carbons (Fsp3) is 0.500. The van der Waals surface area contributed by atoms with Crippen LogP contribution in [0.25, 0.3) is 10.2 Å². The van der Waals surface area contributed by atoms with Crippen LogP contribution in [0.15, 0.2) is 29.6 Å². The molecule has 6 nitrogen and oxygen atoms in total. The number of anilines is 2. The second-order valence-corrected chi connectivity index (χ2v) is 10.9. The lowest BCUT2D eigenvalue weighted by molar-refractivity contribution is 0.101. The summed E-state index contributed by atoms with van der Waals surface area (Å²) in [4.78, 5) is 15.5. The van der Waals surface area contributed by atoms with Crippen LogP contribution in [0, 0.1) is 11.8 Å². The number of fused-ring (bicyclic) bond motifs is 1. The van der Waals surface area contributed by atoms with Gasteiger partial charge in [-0.05, 0) is 67.3 Å². The highest BCUT2D eigenvalue weighted by atomic mass is 35.5. The topological polar surface area (TPSA) is 64.5 Å². The summed E-state index contributed by atoms with van der Waals surface area (Å²) in [5.74, 6) is 2.99. The molecule has 0 aliphatic carbocycles. The van der Waals surface area contributed by atoms with Crippen LogP contribution in [0.4, 0.5) is 11.8 Å². The van der Waals surface area contributed by atoms with E-state index in [9.17, 15) is 5.11 Å². The molecule has 176 valence electrons. The standard InChI is InChI=1S/C24H29Cl2N5OS/c1-15(19-5-4-18(25)11-21(19)26)27-22-20-6-10-33-23(20)29-24(28-22)31-13-17(14-31)16-3-2-7-30(12-16)8-9-32/h4-6,10-11,15-17,32H,2-3,7-9,12-14H2,1H3,(H,27,28,29)/t15-,16+/m1/s1. The number of thiophene rings is 1. The molecule has 2 saturated heterocycles. The molecule has 2 N–H and O–H groups in total. The number of aliphatic hydroxyl groups excluding tert-OH is 1. The minimum absolute atomic E-state index is 0.0236. The van der Waals surface area contributed by atoms with Crippen molar-refractivity contribution in [2.24, 2.45) is 11.8 Å². The van der Waals surface area contributed by atoms with Gasteiger partial charge >= 0.3 is 0 Å². The molecule has 2 aliphatic rings. The zero-order chi connectivity index (χ0) is 22.9. The van der Waals surface area contributed by atoms with Gasteiger partial charge in [-0.15, -0.1) is 11.3 Å². The summed E-state index contributed by atoms with van der Waals surface area (Å²) in [6.07, 6.45) is 2.50. The number of piperidine rings is 1. The maximum Gasteiger partial charge on any atom is 0.228 e. The van der Waals surface area contributed by atoms with Gasteiger partial charge in [0.1, 0.15) is 10.6 Å². The summed E-state index contributed by atoms with van der Waals surface area (Å²) in [7, 11) is 0. The molecule has 0 radical (unpaired) electrons. The van der Waals surface area contributed by atoms with Crippen LogP contribution in [0.1, 0.15) is 31.4 Å². The Balaban J connectivity index is 1.30. The number of nitrogens with one attached hydrogen (secondary N) is 1. The van der Waals surface area contributed by atoms with Crippen molar-refractivity contribution < 1.29 is 5.11 Å². The molecule has 2 fully saturated rings. The predicted octanol–water partition coefficient (Wildman–Crippen LogP) is 5.31. The van der Waals surface area contributed by atoms with Crippen LogP contribution in [0.3, 0.4) is 0 Å². The Bertz CT molecular complexity index is 1120. The molecule has 0 bridgehead atoms. The quantitative estimate of drug-likeness (QED) is 0.453. The van der Waals surface area contributed by atoms with E-state index in [0.717, 1.165) is 60.3 Å². The van der Waals surface area contributed by atoms with Crippen molar-refractivity contribution in [3.63, 3.8) is 0 Å². The van der Waals surface area contributed by atoms with Crippen molar-refractivity contribution in [3.05, 3.63) is 45.3 Å².